The molecule has 0 spiro atoms. The normalized spacial score (nSPS) is 21.7. The summed E-state index contributed by atoms with van der Waals surface area (Å²) in [4.78, 5) is 15.1. The highest BCUT2D eigenvalue weighted by molar-refractivity contribution is 5.79. The lowest BCUT2D eigenvalue weighted by Gasteiger charge is -2.46. The third kappa shape index (κ3) is 4.84. The fourth-order valence-electron chi connectivity index (χ4n) is 4.36. The van der Waals surface area contributed by atoms with Crippen molar-refractivity contribution in [2.45, 2.75) is 31.0 Å². The number of nitrogens with zero attached hydrogens (tertiary/aromatic N) is 3. The molecule has 0 saturated carbocycles. The van der Waals surface area contributed by atoms with Crippen molar-refractivity contribution in [3.63, 3.8) is 0 Å². The molecule has 1 amide bonds. The first-order valence-corrected chi connectivity index (χ1v) is 10.4. The largest absolute Gasteiger partial charge is 0.389 e. The molecule has 3 aromatic rings. The summed E-state index contributed by atoms with van der Waals surface area (Å²) in [5.41, 5.74) is 1.66. The summed E-state index contributed by atoms with van der Waals surface area (Å²) in [6, 6.07) is 15.6. The molecule has 162 valence electrons. The second-order valence-corrected chi connectivity index (χ2v) is 8.22. The number of rotatable bonds is 6. The Kier molecular flexibility index (Phi) is 6.15. The number of hydrogen-bond acceptors (Lipinski definition) is 4. The lowest BCUT2D eigenvalue weighted by Crippen LogP contribution is -2.62. The van der Waals surface area contributed by atoms with Crippen molar-refractivity contribution >= 4 is 5.91 Å². The molecular formula is C24H27FN4O2. The van der Waals surface area contributed by atoms with Gasteiger partial charge in [-0.05, 0) is 29.7 Å². The van der Waals surface area contributed by atoms with Crippen LogP contribution in [-0.2, 0) is 30.3 Å². The van der Waals surface area contributed by atoms with E-state index in [1.807, 2.05) is 49.8 Å². The van der Waals surface area contributed by atoms with Crippen LogP contribution in [0, 0.1) is 5.82 Å². The van der Waals surface area contributed by atoms with Crippen LogP contribution in [0.1, 0.15) is 23.1 Å². The van der Waals surface area contributed by atoms with Crippen molar-refractivity contribution in [1.82, 2.24) is 20.0 Å². The Morgan fingerprint density at radius 1 is 1.23 bits per heavy atom. The van der Waals surface area contributed by atoms with Gasteiger partial charge in [0.25, 0.3) is 0 Å². The fraction of sp³-hybridized carbons (Fsp3) is 0.333. The van der Waals surface area contributed by atoms with Crippen molar-refractivity contribution in [1.29, 1.82) is 0 Å². The number of benzene rings is 2. The van der Waals surface area contributed by atoms with Crippen LogP contribution >= 0.6 is 0 Å². The standard InChI is InChI=1S/C24H27FN4O2/c1-28-15-19(14-26-28)16-29-11-10-24(22(30)17-29,20-7-3-2-4-8-20)27-23(31)13-18-6-5-9-21(25)12-18/h2-9,12,14-15,22,30H,10-11,13,16-17H2,1H3,(H,27,31)/t22-,24-/m1/s1. The van der Waals surface area contributed by atoms with E-state index in [0.29, 0.717) is 31.6 Å². The Morgan fingerprint density at radius 2 is 2.03 bits per heavy atom. The zero-order valence-corrected chi connectivity index (χ0v) is 17.5. The fourth-order valence-corrected chi connectivity index (χ4v) is 4.36. The molecule has 2 aromatic carbocycles. The first-order chi connectivity index (χ1) is 14.9. The third-order valence-electron chi connectivity index (χ3n) is 5.89. The summed E-state index contributed by atoms with van der Waals surface area (Å²) in [6.07, 6.45) is 3.61. The number of nitrogens with one attached hydrogen (secondary N) is 1. The van der Waals surface area contributed by atoms with Gasteiger partial charge < -0.3 is 10.4 Å². The molecule has 0 aliphatic carbocycles. The number of halogens is 1. The number of aliphatic hydroxyl groups excluding tert-OH is 1. The first kappa shape index (κ1) is 21.2. The lowest BCUT2D eigenvalue weighted by atomic mass is 9.78. The monoisotopic (exact) mass is 422 g/mol. The lowest BCUT2D eigenvalue weighted by molar-refractivity contribution is -0.126. The molecule has 1 saturated heterocycles. The average molecular weight is 423 g/mol. The summed E-state index contributed by atoms with van der Waals surface area (Å²) in [5, 5.41) is 18.6. The Labute approximate surface area is 181 Å². The van der Waals surface area contributed by atoms with E-state index in [-0.39, 0.29) is 18.1 Å². The van der Waals surface area contributed by atoms with Gasteiger partial charge >= 0.3 is 0 Å². The number of β-amino-alcohol motifs (C(OH)–C–C–N with tert-alkyl or cyclic N) is 1. The second kappa shape index (κ2) is 8.99. The van der Waals surface area contributed by atoms with Gasteiger partial charge in [0.1, 0.15) is 5.82 Å². The number of likely N-dealkylation sites (tertiary alicyclic amines) is 1. The van der Waals surface area contributed by atoms with E-state index in [4.69, 9.17) is 0 Å². The minimum absolute atomic E-state index is 0.0540. The first-order valence-electron chi connectivity index (χ1n) is 10.4. The second-order valence-electron chi connectivity index (χ2n) is 8.22. The van der Waals surface area contributed by atoms with E-state index in [0.717, 1.165) is 11.1 Å². The van der Waals surface area contributed by atoms with Crippen LogP contribution in [0.5, 0.6) is 0 Å². The quantitative estimate of drug-likeness (QED) is 0.640. The highest BCUT2D eigenvalue weighted by Gasteiger charge is 2.44. The van der Waals surface area contributed by atoms with Crippen molar-refractivity contribution in [2.75, 3.05) is 13.1 Å². The maximum atomic E-state index is 13.5. The number of aromatic nitrogens is 2. The number of aliphatic hydroxyl groups is 1. The number of hydrogen-bond donors (Lipinski definition) is 2. The summed E-state index contributed by atoms with van der Waals surface area (Å²) < 4.78 is 15.3. The number of amides is 1. The van der Waals surface area contributed by atoms with E-state index in [2.05, 4.69) is 15.3 Å². The van der Waals surface area contributed by atoms with Crippen molar-refractivity contribution < 1.29 is 14.3 Å². The van der Waals surface area contributed by atoms with Crippen LogP contribution in [0.2, 0.25) is 0 Å². The van der Waals surface area contributed by atoms with Gasteiger partial charge in [-0.1, -0.05) is 42.5 Å². The number of piperidine rings is 1. The molecule has 0 radical (unpaired) electrons. The molecule has 1 aliphatic heterocycles. The Bertz CT molecular complexity index is 1040. The SMILES string of the molecule is Cn1cc(CN2CC[C@@](NC(=O)Cc3cccc(F)c3)(c3ccccc3)[C@H](O)C2)cn1. The average Bonchev–Trinajstić information content (AvgIpc) is 3.15. The van der Waals surface area contributed by atoms with Gasteiger partial charge in [0.15, 0.2) is 0 Å². The molecule has 6 nitrogen and oxygen atoms in total. The smallest absolute Gasteiger partial charge is 0.225 e. The van der Waals surface area contributed by atoms with Crippen LogP contribution in [0.3, 0.4) is 0 Å². The van der Waals surface area contributed by atoms with Crippen LogP contribution in [-0.4, -0.2) is 44.9 Å². The van der Waals surface area contributed by atoms with Gasteiger partial charge in [-0.15, -0.1) is 0 Å². The molecule has 2 N–H and O–H groups in total. The van der Waals surface area contributed by atoms with Crippen LogP contribution in [0.15, 0.2) is 67.0 Å². The summed E-state index contributed by atoms with van der Waals surface area (Å²) in [5.74, 6) is -0.610. The minimum atomic E-state index is -0.892. The molecule has 0 unspecified atom stereocenters. The molecule has 7 heteroatoms. The third-order valence-corrected chi connectivity index (χ3v) is 5.89. The molecule has 0 bridgehead atoms. The summed E-state index contributed by atoms with van der Waals surface area (Å²) in [6.45, 7) is 1.82. The van der Waals surface area contributed by atoms with E-state index < -0.39 is 11.6 Å². The molecule has 4 rings (SSSR count). The van der Waals surface area contributed by atoms with Gasteiger partial charge in [-0.3, -0.25) is 14.4 Å². The summed E-state index contributed by atoms with van der Waals surface area (Å²) in [7, 11) is 1.88. The van der Waals surface area contributed by atoms with Crippen LogP contribution < -0.4 is 5.32 Å². The molecule has 1 aromatic heterocycles. The molecule has 31 heavy (non-hydrogen) atoms. The Hall–Kier alpha value is -3.03. The Morgan fingerprint density at radius 3 is 2.71 bits per heavy atom. The van der Waals surface area contributed by atoms with Gasteiger partial charge in [0, 0.05) is 38.4 Å². The highest BCUT2D eigenvalue weighted by atomic mass is 19.1. The van der Waals surface area contributed by atoms with Crippen molar-refractivity contribution in [3.05, 3.63) is 89.5 Å². The van der Waals surface area contributed by atoms with E-state index in [1.54, 1.807) is 16.8 Å². The molecule has 2 atom stereocenters. The Balaban J connectivity index is 1.52. The topological polar surface area (TPSA) is 70.4 Å². The van der Waals surface area contributed by atoms with Gasteiger partial charge in [0.05, 0.1) is 24.3 Å². The van der Waals surface area contributed by atoms with Crippen LogP contribution in [0.25, 0.3) is 0 Å². The predicted octanol–water partition coefficient (Wildman–Crippen LogP) is 2.38. The molecule has 1 fully saturated rings. The van der Waals surface area contributed by atoms with E-state index >= 15 is 0 Å². The summed E-state index contributed by atoms with van der Waals surface area (Å²) >= 11 is 0. The molecule has 1 aliphatic rings. The number of aryl methyl sites for hydroxylation is 1. The highest BCUT2D eigenvalue weighted by Crippen LogP contribution is 2.34. The van der Waals surface area contributed by atoms with Crippen molar-refractivity contribution in [2.24, 2.45) is 7.05 Å². The van der Waals surface area contributed by atoms with Crippen LogP contribution in [0.4, 0.5) is 4.39 Å². The van der Waals surface area contributed by atoms with Gasteiger partial charge in [-0.25, -0.2) is 4.39 Å². The van der Waals surface area contributed by atoms with Crippen molar-refractivity contribution in [3.8, 4) is 0 Å². The predicted molar refractivity (Wildman–Crippen MR) is 115 cm³/mol. The van der Waals surface area contributed by atoms with Gasteiger partial charge in [0.2, 0.25) is 5.91 Å². The molecule has 2 heterocycles. The number of carbonyl (C=O) groups is 1. The van der Waals surface area contributed by atoms with E-state index in [9.17, 15) is 14.3 Å². The van der Waals surface area contributed by atoms with E-state index in [1.165, 1.54) is 12.1 Å². The molecular weight excluding hydrogens is 395 g/mol. The zero-order valence-electron chi connectivity index (χ0n) is 17.5. The zero-order chi connectivity index (χ0) is 21.8. The number of carbonyl (C=O) groups excluding carboxylic acids is 1. The maximum Gasteiger partial charge on any atom is 0.225 e. The van der Waals surface area contributed by atoms with Gasteiger partial charge in [-0.2, -0.15) is 5.10 Å². The maximum absolute atomic E-state index is 13.5. The minimum Gasteiger partial charge on any atom is -0.389 e.